The number of hydrogen-bond acceptors (Lipinski definition) is 8. The molecule has 0 spiro atoms. The molecule has 0 aromatic carbocycles. The van der Waals surface area contributed by atoms with Gasteiger partial charge in [-0.05, 0) is 19.3 Å². The van der Waals surface area contributed by atoms with E-state index in [1.807, 2.05) is 0 Å². The molecule has 0 saturated carbocycles. The molecule has 0 aliphatic heterocycles. The van der Waals surface area contributed by atoms with Gasteiger partial charge < -0.3 is 43.4 Å². The average Bonchev–Trinajstić information content (AvgIpc) is 2.71. The number of carboxylic acid groups (broad SMARTS) is 1. The minimum atomic E-state index is -1.62. The summed E-state index contributed by atoms with van der Waals surface area (Å²) in [5, 5.41) is 25.6. The zero-order valence-corrected chi connectivity index (χ0v) is 18.9. The van der Waals surface area contributed by atoms with Gasteiger partial charge in [0.1, 0.15) is 12.1 Å². The number of carbonyl (C=O) groups excluding carboxylic acids is 5. The van der Waals surface area contributed by atoms with Gasteiger partial charge in [0.25, 0.3) is 0 Å². The van der Waals surface area contributed by atoms with Gasteiger partial charge >= 0.3 is 5.97 Å². The molecule has 0 rings (SSSR count). The Morgan fingerprint density at radius 2 is 1.39 bits per heavy atom. The predicted molar refractivity (Wildman–Crippen MR) is 115 cm³/mol. The molecule has 6 atom stereocenters. The predicted octanol–water partition coefficient (Wildman–Crippen LogP) is -3.58. The smallest absolute Gasteiger partial charge is 0.328 e. The Balaban J connectivity index is 5.54. The molecule has 0 saturated heterocycles. The minimum absolute atomic E-state index is 0.0973. The molecule has 0 aliphatic carbocycles. The van der Waals surface area contributed by atoms with Crippen LogP contribution in [0, 0.1) is 5.92 Å². The van der Waals surface area contributed by atoms with Gasteiger partial charge in [0.15, 0.2) is 6.04 Å². The van der Waals surface area contributed by atoms with Crippen LogP contribution in [0.5, 0.6) is 0 Å². The lowest BCUT2D eigenvalue weighted by atomic mass is 9.97. The highest BCUT2D eigenvalue weighted by Crippen LogP contribution is 2.10. The average molecular weight is 475 g/mol. The molecular weight excluding hydrogens is 440 g/mol. The van der Waals surface area contributed by atoms with Crippen LogP contribution in [0.1, 0.15) is 46.5 Å². The van der Waals surface area contributed by atoms with Gasteiger partial charge in [0.05, 0.1) is 18.6 Å². The van der Waals surface area contributed by atoms with Crippen molar-refractivity contribution in [2.45, 2.75) is 76.7 Å². The highest BCUT2D eigenvalue weighted by atomic mass is 16.4. The summed E-state index contributed by atoms with van der Waals surface area (Å²) in [6.07, 6.45) is -1.90. The summed E-state index contributed by atoms with van der Waals surface area (Å²) in [6, 6.07) is -5.55. The molecule has 0 aromatic rings. The van der Waals surface area contributed by atoms with Crippen LogP contribution < -0.4 is 33.2 Å². The lowest BCUT2D eigenvalue weighted by Crippen LogP contribution is -2.60. The highest BCUT2D eigenvalue weighted by molar-refractivity contribution is 5.96. The number of aliphatic hydroxyl groups excluding tert-OH is 1. The van der Waals surface area contributed by atoms with E-state index in [0.29, 0.717) is 6.42 Å². The molecule has 6 unspecified atom stereocenters. The number of carbonyl (C=O) groups is 6. The van der Waals surface area contributed by atoms with Crippen LogP contribution in [0.4, 0.5) is 0 Å². The Morgan fingerprint density at radius 1 is 0.848 bits per heavy atom. The van der Waals surface area contributed by atoms with Crippen molar-refractivity contribution in [1.82, 2.24) is 16.0 Å². The standard InChI is InChI=1S/C19H34N6O8/c1-4-8(2)14(18(31)25-15(9(3)26)19(32)33)24-17(30)11(7-13(22)28)23-16(29)10(20)5-6-12(21)27/h8-11,14-15,26H,4-7,20H2,1-3H3,(H2,21,27)(H2,22,28)(H,23,29)(H,24,30)(H,25,31)(H,32,33). The van der Waals surface area contributed by atoms with Gasteiger partial charge in [-0.3, -0.25) is 24.0 Å². The number of amides is 5. The maximum atomic E-state index is 12.8. The first-order valence-corrected chi connectivity index (χ1v) is 10.3. The molecule has 5 amide bonds. The van der Waals surface area contributed by atoms with Crippen LogP contribution in [-0.2, 0) is 28.8 Å². The van der Waals surface area contributed by atoms with Crippen molar-refractivity contribution in [3.05, 3.63) is 0 Å². The fourth-order valence-corrected chi connectivity index (χ4v) is 2.71. The topological polar surface area (TPSA) is 257 Å². The van der Waals surface area contributed by atoms with Crippen molar-refractivity contribution < 1.29 is 39.0 Å². The molecule has 0 aliphatic rings. The van der Waals surface area contributed by atoms with Gasteiger partial charge in [0.2, 0.25) is 29.5 Å². The van der Waals surface area contributed by atoms with Crippen LogP contribution in [0.15, 0.2) is 0 Å². The molecule has 14 heteroatoms. The van der Waals surface area contributed by atoms with Crippen molar-refractivity contribution in [3.8, 4) is 0 Å². The van der Waals surface area contributed by atoms with E-state index >= 15 is 0 Å². The molecule has 14 nitrogen and oxygen atoms in total. The van der Waals surface area contributed by atoms with Gasteiger partial charge in [-0.1, -0.05) is 20.3 Å². The Hall–Kier alpha value is -3.26. The number of hydrogen-bond donors (Lipinski definition) is 8. The van der Waals surface area contributed by atoms with Crippen LogP contribution in [-0.4, -0.2) is 76.0 Å². The molecule has 188 valence electrons. The van der Waals surface area contributed by atoms with Gasteiger partial charge in [-0.25, -0.2) is 4.79 Å². The summed E-state index contributed by atoms with van der Waals surface area (Å²) in [5.74, 6) is -6.23. The van der Waals surface area contributed by atoms with Crippen LogP contribution >= 0.6 is 0 Å². The van der Waals surface area contributed by atoms with Crippen molar-refractivity contribution in [2.24, 2.45) is 23.1 Å². The Morgan fingerprint density at radius 3 is 1.82 bits per heavy atom. The van der Waals surface area contributed by atoms with Gasteiger partial charge in [-0.15, -0.1) is 0 Å². The molecule has 0 fully saturated rings. The zero-order valence-electron chi connectivity index (χ0n) is 18.9. The molecular formula is C19H34N6O8. The Labute approximate surface area is 191 Å². The molecule has 0 heterocycles. The molecule has 0 aromatic heterocycles. The molecule has 0 bridgehead atoms. The number of nitrogens with two attached hydrogens (primary N) is 3. The van der Waals surface area contributed by atoms with Gasteiger partial charge in [-0.2, -0.15) is 0 Å². The minimum Gasteiger partial charge on any atom is -0.480 e. The van der Waals surface area contributed by atoms with E-state index in [2.05, 4.69) is 16.0 Å². The normalized spacial score (nSPS) is 16.3. The molecule has 11 N–H and O–H groups in total. The quantitative estimate of drug-likeness (QED) is 0.116. The van der Waals surface area contributed by atoms with Crippen molar-refractivity contribution in [3.63, 3.8) is 0 Å². The fourth-order valence-electron chi connectivity index (χ4n) is 2.71. The second-order valence-corrected chi connectivity index (χ2v) is 7.78. The number of rotatable bonds is 15. The van der Waals surface area contributed by atoms with Crippen LogP contribution in [0.2, 0.25) is 0 Å². The highest BCUT2D eigenvalue weighted by Gasteiger charge is 2.34. The summed E-state index contributed by atoms with van der Waals surface area (Å²) in [7, 11) is 0. The SMILES string of the molecule is CCC(C)C(NC(=O)C(CC(N)=O)NC(=O)C(N)CCC(N)=O)C(=O)NC(C(=O)O)C(C)O. The van der Waals surface area contributed by atoms with Crippen LogP contribution in [0.25, 0.3) is 0 Å². The van der Waals surface area contributed by atoms with Gasteiger partial charge in [0, 0.05) is 6.42 Å². The van der Waals surface area contributed by atoms with E-state index in [1.54, 1.807) is 13.8 Å². The van der Waals surface area contributed by atoms with Crippen molar-refractivity contribution in [1.29, 1.82) is 0 Å². The van der Waals surface area contributed by atoms with Crippen molar-refractivity contribution >= 4 is 35.5 Å². The number of aliphatic hydroxyl groups is 1. The number of aliphatic carboxylic acids is 1. The summed E-state index contributed by atoms with van der Waals surface area (Å²) < 4.78 is 0. The first kappa shape index (κ1) is 29.7. The van der Waals surface area contributed by atoms with E-state index in [4.69, 9.17) is 22.3 Å². The van der Waals surface area contributed by atoms with E-state index in [1.165, 1.54) is 6.92 Å². The lowest BCUT2D eigenvalue weighted by Gasteiger charge is -2.28. The first-order chi connectivity index (χ1) is 15.2. The lowest BCUT2D eigenvalue weighted by molar-refractivity contribution is -0.145. The third-order valence-electron chi connectivity index (χ3n) is 4.92. The summed E-state index contributed by atoms with van der Waals surface area (Å²) >= 11 is 0. The second-order valence-electron chi connectivity index (χ2n) is 7.78. The third-order valence-corrected chi connectivity index (χ3v) is 4.92. The van der Waals surface area contributed by atoms with E-state index in [0.717, 1.165) is 0 Å². The maximum absolute atomic E-state index is 12.8. The zero-order chi connectivity index (χ0) is 25.9. The summed E-state index contributed by atoms with van der Waals surface area (Å²) in [5.41, 5.74) is 15.8. The monoisotopic (exact) mass is 474 g/mol. The Bertz CT molecular complexity index is 744. The number of primary amides is 2. The van der Waals surface area contributed by atoms with Crippen LogP contribution in [0.3, 0.4) is 0 Å². The molecule has 33 heavy (non-hydrogen) atoms. The third kappa shape index (κ3) is 10.7. The second kappa shape index (κ2) is 14.0. The number of nitrogens with one attached hydrogen (secondary N) is 3. The summed E-state index contributed by atoms with van der Waals surface area (Å²) in [4.78, 5) is 71.3. The first-order valence-electron chi connectivity index (χ1n) is 10.3. The maximum Gasteiger partial charge on any atom is 0.328 e. The Kier molecular flexibility index (Phi) is 12.6. The largest absolute Gasteiger partial charge is 0.480 e. The molecule has 0 radical (unpaired) electrons. The van der Waals surface area contributed by atoms with E-state index in [9.17, 15) is 33.9 Å². The van der Waals surface area contributed by atoms with Crippen molar-refractivity contribution in [2.75, 3.05) is 0 Å². The fraction of sp³-hybridized carbons (Fsp3) is 0.684. The van der Waals surface area contributed by atoms with E-state index < -0.39 is 78.1 Å². The number of carboxylic acids is 1. The van der Waals surface area contributed by atoms with E-state index in [-0.39, 0.29) is 12.8 Å². The summed E-state index contributed by atoms with van der Waals surface area (Å²) in [6.45, 7) is 4.51.